The third-order valence-electron chi connectivity index (χ3n) is 4.38. The Bertz CT molecular complexity index is 743. The van der Waals surface area contributed by atoms with Crippen molar-refractivity contribution in [2.45, 2.75) is 12.6 Å². The highest BCUT2D eigenvalue weighted by atomic mass is 16.2. The minimum atomic E-state index is -0.626. The molecular formula is C21H28N4O2. The van der Waals surface area contributed by atoms with Gasteiger partial charge in [0.05, 0.1) is 6.04 Å². The van der Waals surface area contributed by atoms with Gasteiger partial charge in [-0.3, -0.25) is 9.59 Å². The summed E-state index contributed by atoms with van der Waals surface area (Å²) in [5.41, 5.74) is 3.14. The molecule has 0 radical (unpaired) electrons. The average Bonchev–Trinajstić information content (AvgIpc) is 2.67. The topological polar surface area (TPSA) is 64.7 Å². The first-order chi connectivity index (χ1) is 12.9. The highest BCUT2D eigenvalue weighted by molar-refractivity contribution is 6.35. The number of carbonyl (C=O) groups is 2. The van der Waals surface area contributed by atoms with Crippen LogP contribution in [0.25, 0.3) is 0 Å². The van der Waals surface area contributed by atoms with Crippen molar-refractivity contribution in [1.82, 2.24) is 15.5 Å². The molecule has 2 amide bonds. The van der Waals surface area contributed by atoms with Gasteiger partial charge in [0.25, 0.3) is 0 Å². The van der Waals surface area contributed by atoms with Gasteiger partial charge in [0.2, 0.25) is 0 Å². The Kier molecular flexibility index (Phi) is 7.37. The van der Waals surface area contributed by atoms with E-state index >= 15 is 0 Å². The van der Waals surface area contributed by atoms with Gasteiger partial charge in [-0.1, -0.05) is 42.5 Å². The lowest BCUT2D eigenvalue weighted by molar-refractivity contribution is -0.139. The van der Waals surface area contributed by atoms with Crippen LogP contribution in [-0.4, -0.2) is 51.4 Å². The number of likely N-dealkylation sites (N-methyl/N-ethyl adjacent to an activating group) is 1. The van der Waals surface area contributed by atoms with E-state index in [1.165, 1.54) is 0 Å². The summed E-state index contributed by atoms with van der Waals surface area (Å²) in [4.78, 5) is 28.2. The summed E-state index contributed by atoms with van der Waals surface area (Å²) in [6, 6.07) is 17.6. The molecule has 0 aromatic heterocycles. The summed E-state index contributed by atoms with van der Waals surface area (Å²) in [7, 11) is 7.89. The molecule has 0 saturated carbocycles. The van der Waals surface area contributed by atoms with E-state index in [0.29, 0.717) is 13.1 Å². The van der Waals surface area contributed by atoms with Gasteiger partial charge in [0.15, 0.2) is 0 Å². The third-order valence-corrected chi connectivity index (χ3v) is 4.38. The van der Waals surface area contributed by atoms with Gasteiger partial charge in [0.1, 0.15) is 0 Å². The molecule has 1 atom stereocenters. The standard InChI is InChI=1S/C21H28N4O2/c1-24(2)18-12-10-17(11-13-18)19(25(3)4)15-23-21(27)20(26)22-14-16-8-6-5-7-9-16/h5-13,19H,14-15H2,1-4H3,(H,22,26)(H,23,27)/t19-/m1/s1. The van der Waals surface area contributed by atoms with Crippen LogP contribution in [0.5, 0.6) is 0 Å². The Morgan fingerprint density at radius 3 is 2.00 bits per heavy atom. The quantitative estimate of drug-likeness (QED) is 0.732. The minimum absolute atomic E-state index is 0.0212. The van der Waals surface area contributed by atoms with E-state index in [9.17, 15) is 9.59 Å². The van der Waals surface area contributed by atoms with Crippen molar-refractivity contribution in [3.8, 4) is 0 Å². The first-order valence-corrected chi connectivity index (χ1v) is 8.92. The second-order valence-corrected chi connectivity index (χ2v) is 6.84. The van der Waals surface area contributed by atoms with Gasteiger partial charge in [0, 0.05) is 32.9 Å². The van der Waals surface area contributed by atoms with Crippen molar-refractivity contribution < 1.29 is 9.59 Å². The molecule has 0 unspecified atom stereocenters. The van der Waals surface area contributed by atoms with Gasteiger partial charge in [-0.25, -0.2) is 0 Å². The Labute approximate surface area is 161 Å². The first-order valence-electron chi connectivity index (χ1n) is 8.92. The molecule has 2 rings (SSSR count). The Hall–Kier alpha value is -2.86. The Balaban J connectivity index is 1.90. The van der Waals surface area contributed by atoms with Crippen LogP contribution in [0.4, 0.5) is 5.69 Å². The number of nitrogens with one attached hydrogen (secondary N) is 2. The molecule has 0 fully saturated rings. The smallest absolute Gasteiger partial charge is 0.309 e. The van der Waals surface area contributed by atoms with Crippen LogP contribution in [0.1, 0.15) is 17.2 Å². The molecule has 0 aliphatic rings. The number of carbonyl (C=O) groups excluding carboxylic acids is 2. The van der Waals surface area contributed by atoms with Crippen molar-refractivity contribution in [1.29, 1.82) is 0 Å². The summed E-state index contributed by atoms with van der Waals surface area (Å²) in [6.07, 6.45) is 0. The van der Waals surface area contributed by atoms with Gasteiger partial charge in [-0.15, -0.1) is 0 Å². The van der Waals surface area contributed by atoms with Gasteiger partial charge in [-0.05, 0) is 37.4 Å². The maximum Gasteiger partial charge on any atom is 0.309 e. The lowest BCUT2D eigenvalue weighted by Crippen LogP contribution is -2.42. The van der Waals surface area contributed by atoms with E-state index in [-0.39, 0.29) is 6.04 Å². The van der Waals surface area contributed by atoms with E-state index in [0.717, 1.165) is 16.8 Å². The summed E-state index contributed by atoms with van der Waals surface area (Å²) in [5.74, 6) is -1.25. The summed E-state index contributed by atoms with van der Waals surface area (Å²) >= 11 is 0. The Morgan fingerprint density at radius 1 is 0.852 bits per heavy atom. The molecule has 2 aromatic carbocycles. The molecule has 0 aliphatic heterocycles. The maximum absolute atomic E-state index is 12.1. The van der Waals surface area contributed by atoms with Crippen molar-refractivity contribution in [2.75, 3.05) is 39.6 Å². The highest BCUT2D eigenvalue weighted by Gasteiger charge is 2.18. The van der Waals surface area contributed by atoms with E-state index in [1.54, 1.807) is 0 Å². The fraction of sp³-hybridized carbons (Fsp3) is 0.333. The molecular weight excluding hydrogens is 340 g/mol. The van der Waals surface area contributed by atoms with E-state index in [2.05, 4.69) is 10.6 Å². The number of benzene rings is 2. The van der Waals surface area contributed by atoms with Crippen LogP contribution < -0.4 is 15.5 Å². The van der Waals surface area contributed by atoms with Gasteiger partial charge < -0.3 is 20.4 Å². The predicted molar refractivity (Wildman–Crippen MR) is 108 cm³/mol. The molecule has 2 N–H and O–H groups in total. The summed E-state index contributed by atoms with van der Waals surface area (Å²) < 4.78 is 0. The zero-order valence-electron chi connectivity index (χ0n) is 16.4. The molecule has 0 aliphatic carbocycles. The number of hydrogen-bond donors (Lipinski definition) is 2. The molecule has 144 valence electrons. The molecule has 0 bridgehead atoms. The van der Waals surface area contributed by atoms with Crippen LogP contribution in [0.2, 0.25) is 0 Å². The number of nitrogens with zero attached hydrogens (tertiary/aromatic N) is 2. The van der Waals surface area contributed by atoms with Gasteiger partial charge >= 0.3 is 11.8 Å². The highest BCUT2D eigenvalue weighted by Crippen LogP contribution is 2.20. The van der Waals surface area contributed by atoms with Crippen LogP contribution >= 0.6 is 0 Å². The molecule has 0 spiro atoms. The lowest BCUT2D eigenvalue weighted by atomic mass is 10.1. The SMILES string of the molecule is CN(C)c1ccc([C@@H](CNC(=O)C(=O)NCc2ccccc2)N(C)C)cc1. The summed E-state index contributed by atoms with van der Waals surface area (Å²) in [6.45, 7) is 0.683. The van der Waals surface area contributed by atoms with Crippen molar-refractivity contribution >= 4 is 17.5 Å². The summed E-state index contributed by atoms with van der Waals surface area (Å²) in [5, 5.41) is 5.37. The minimum Gasteiger partial charge on any atom is -0.378 e. The zero-order valence-corrected chi connectivity index (χ0v) is 16.4. The Morgan fingerprint density at radius 2 is 1.44 bits per heavy atom. The normalized spacial score (nSPS) is 11.7. The van der Waals surface area contributed by atoms with E-state index in [4.69, 9.17) is 0 Å². The van der Waals surface area contributed by atoms with E-state index in [1.807, 2.05) is 92.6 Å². The van der Waals surface area contributed by atoms with Crippen molar-refractivity contribution in [3.05, 3.63) is 65.7 Å². The van der Waals surface area contributed by atoms with Crippen molar-refractivity contribution in [3.63, 3.8) is 0 Å². The average molecular weight is 368 g/mol. The molecule has 0 heterocycles. The van der Waals surface area contributed by atoms with Crippen LogP contribution in [-0.2, 0) is 16.1 Å². The van der Waals surface area contributed by atoms with Crippen LogP contribution in [0, 0.1) is 0 Å². The maximum atomic E-state index is 12.1. The first kappa shape index (κ1) is 20.5. The second kappa shape index (κ2) is 9.73. The van der Waals surface area contributed by atoms with Crippen LogP contribution in [0.15, 0.2) is 54.6 Å². The zero-order chi connectivity index (χ0) is 19.8. The number of hydrogen-bond acceptors (Lipinski definition) is 4. The predicted octanol–water partition coefficient (Wildman–Crippen LogP) is 1.79. The van der Waals surface area contributed by atoms with Crippen molar-refractivity contribution in [2.24, 2.45) is 0 Å². The largest absolute Gasteiger partial charge is 0.378 e. The van der Waals surface area contributed by atoms with E-state index < -0.39 is 11.8 Å². The molecule has 2 aromatic rings. The van der Waals surface area contributed by atoms with Gasteiger partial charge in [-0.2, -0.15) is 0 Å². The molecule has 27 heavy (non-hydrogen) atoms. The third kappa shape index (κ3) is 6.11. The lowest BCUT2D eigenvalue weighted by Gasteiger charge is -2.25. The molecule has 6 nitrogen and oxygen atoms in total. The molecule has 0 saturated heterocycles. The fourth-order valence-electron chi connectivity index (χ4n) is 2.72. The van der Waals surface area contributed by atoms with Crippen LogP contribution in [0.3, 0.4) is 0 Å². The monoisotopic (exact) mass is 368 g/mol. The second-order valence-electron chi connectivity index (χ2n) is 6.84. The number of amides is 2. The number of rotatable bonds is 7. The number of anilines is 1. The molecule has 6 heteroatoms. The fourth-order valence-corrected chi connectivity index (χ4v) is 2.72.